The Morgan fingerprint density at radius 2 is 1.58 bits per heavy atom. The Hall–Kier alpha value is -2.43. The van der Waals surface area contributed by atoms with Gasteiger partial charge in [-0.2, -0.15) is 0 Å². The molecule has 1 heterocycles. The topological polar surface area (TPSA) is 66.9 Å². The lowest BCUT2D eigenvalue weighted by atomic mass is 9.92. The molecule has 0 aliphatic carbocycles. The lowest BCUT2D eigenvalue weighted by molar-refractivity contribution is 0.0943. The van der Waals surface area contributed by atoms with E-state index in [1.807, 2.05) is 0 Å². The average Bonchev–Trinajstić information content (AvgIpc) is 2.60. The Morgan fingerprint density at radius 3 is 2.04 bits per heavy atom. The van der Waals surface area contributed by atoms with Gasteiger partial charge in [0.25, 0.3) is 5.91 Å². The highest BCUT2D eigenvalue weighted by Crippen LogP contribution is 2.33. The molecule has 0 aliphatic rings. The Bertz CT molecular complexity index is 710. The van der Waals surface area contributed by atoms with Crippen LogP contribution in [0.3, 0.4) is 0 Å². The summed E-state index contributed by atoms with van der Waals surface area (Å²) in [7, 11) is 0. The molecular formula is C21H30N4O. The molecule has 0 unspecified atom stereocenters. The van der Waals surface area contributed by atoms with Crippen LogP contribution < -0.4 is 10.6 Å². The SMILES string of the molecule is CC(C)CNC(=O)c1cnc(Nc2c(C(C)C)cccc2C(C)C)cn1. The van der Waals surface area contributed by atoms with E-state index >= 15 is 0 Å². The lowest BCUT2D eigenvalue weighted by Gasteiger charge is -2.20. The maximum atomic E-state index is 12.1. The molecule has 5 heteroatoms. The molecule has 5 nitrogen and oxygen atoms in total. The van der Waals surface area contributed by atoms with Gasteiger partial charge in [-0.3, -0.25) is 4.79 Å². The molecule has 0 bridgehead atoms. The van der Waals surface area contributed by atoms with Gasteiger partial charge in [-0.05, 0) is 28.9 Å². The summed E-state index contributed by atoms with van der Waals surface area (Å²) in [4.78, 5) is 20.7. The van der Waals surface area contributed by atoms with E-state index in [2.05, 4.69) is 80.3 Å². The van der Waals surface area contributed by atoms with Crippen LogP contribution in [-0.4, -0.2) is 22.4 Å². The van der Waals surface area contributed by atoms with Crippen LogP contribution in [0.4, 0.5) is 11.5 Å². The van der Waals surface area contributed by atoms with Crippen molar-refractivity contribution in [3.05, 3.63) is 47.4 Å². The fourth-order valence-corrected chi connectivity index (χ4v) is 2.72. The van der Waals surface area contributed by atoms with Gasteiger partial charge >= 0.3 is 0 Å². The summed E-state index contributed by atoms with van der Waals surface area (Å²) in [5.41, 5.74) is 3.91. The first-order valence-electron chi connectivity index (χ1n) is 9.29. The Labute approximate surface area is 156 Å². The van der Waals surface area contributed by atoms with Gasteiger partial charge in [0, 0.05) is 12.2 Å². The minimum absolute atomic E-state index is 0.191. The summed E-state index contributed by atoms with van der Waals surface area (Å²) in [6.07, 6.45) is 3.14. The molecule has 1 amide bonds. The van der Waals surface area contributed by atoms with Gasteiger partial charge in [-0.1, -0.05) is 59.7 Å². The van der Waals surface area contributed by atoms with Crippen LogP contribution in [0, 0.1) is 5.92 Å². The summed E-state index contributed by atoms with van der Waals surface area (Å²) in [6, 6.07) is 6.38. The van der Waals surface area contributed by atoms with Crippen molar-refractivity contribution in [2.45, 2.75) is 53.4 Å². The van der Waals surface area contributed by atoms with Crippen LogP contribution in [0.25, 0.3) is 0 Å². The summed E-state index contributed by atoms with van der Waals surface area (Å²) in [6.45, 7) is 13.4. The van der Waals surface area contributed by atoms with E-state index in [1.54, 1.807) is 6.20 Å². The monoisotopic (exact) mass is 354 g/mol. The molecule has 0 atom stereocenters. The predicted molar refractivity (Wildman–Crippen MR) is 107 cm³/mol. The largest absolute Gasteiger partial charge is 0.350 e. The standard InChI is InChI=1S/C21H30N4O/c1-13(2)10-24-21(26)18-11-23-19(12-22-18)25-20-16(14(3)4)8-7-9-17(20)15(5)6/h7-9,11-15H,10H2,1-6H3,(H,23,25)(H,24,26). The molecule has 0 saturated carbocycles. The van der Waals surface area contributed by atoms with Crippen molar-refractivity contribution in [3.63, 3.8) is 0 Å². The van der Waals surface area contributed by atoms with Crippen LogP contribution >= 0.6 is 0 Å². The first kappa shape index (κ1) is 19.9. The second kappa shape index (κ2) is 8.79. The fourth-order valence-electron chi connectivity index (χ4n) is 2.72. The molecule has 2 aromatic rings. The molecule has 0 radical (unpaired) electrons. The molecule has 1 aromatic heterocycles. The van der Waals surface area contributed by atoms with E-state index in [-0.39, 0.29) is 5.91 Å². The smallest absolute Gasteiger partial charge is 0.271 e. The molecule has 0 spiro atoms. The molecule has 0 fully saturated rings. The third kappa shape index (κ3) is 5.04. The number of hydrogen-bond acceptors (Lipinski definition) is 4. The number of para-hydroxylation sites is 1. The van der Waals surface area contributed by atoms with Crippen molar-refractivity contribution in [1.29, 1.82) is 0 Å². The predicted octanol–water partition coefficient (Wildman–Crippen LogP) is 4.85. The second-order valence-corrected chi connectivity index (χ2v) is 7.64. The van der Waals surface area contributed by atoms with Crippen molar-refractivity contribution in [1.82, 2.24) is 15.3 Å². The van der Waals surface area contributed by atoms with E-state index in [0.717, 1.165) is 5.69 Å². The first-order chi connectivity index (χ1) is 12.3. The number of rotatable bonds is 7. The van der Waals surface area contributed by atoms with Crippen molar-refractivity contribution in [2.75, 3.05) is 11.9 Å². The van der Waals surface area contributed by atoms with Gasteiger partial charge < -0.3 is 10.6 Å². The molecular weight excluding hydrogens is 324 g/mol. The average molecular weight is 354 g/mol. The molecule has 26 heavy (non-hydrogen) atoms. The van der Waals surface area contributed by atoms with E-state index in [0.29, 0.717) is 35.8 Å². The highest BCUT2D eigenvalue weighted by Gasteiger charge is 2.15. The van der Waals surface area contributed by atoms with Crippen LogP contribution in [0.15, 0.2) is 30.6 Å². The first-order valence-corrected chi connectivity index (χ1v) is 9.29. The minimum atomic E-state index is -0.191. The molecule has 0 saturated heterocycles. The van der Waals surface area contributed by atoms with Crippen LogP contribution in [0.1, 0.15) is 75.0 Å². The number of amides is 1. The van der Waals surface area contributed by atoms with Crippen molar-refractivity contribution >= 4 is 17.4 Å². The van der Waals surface area contributed by atoms with Crippen LogP contribution in [0.5, 0.6) is 0 Å². The number of nitrogens with zero attached hydrogens (tertiary/aromatic N) is 2. The summed E-state index contributed by atoms with van der Waals surface area (Å²) in [5, 5.41) is 6.27. The van der Waals surface area contributed by atoms with E-state index < -0.39 is 0 Å². The maximum absolute atomic E-state index is 12.1. The number of carbonyl (C=O) groups is 1. The molecule has 0 aliphatic heterocycles. The number of aromatic nitrogens is 2. The van der Waals surface area contributed by atoms with Crippen LogP contribution in [-0.2, 0) is 0 Å². The van der Waals surface area contributed by atoms with Crippen molar-refractivity contribution in [3.8, 4) is 0 Å². The summed E-state index contributed by atoms with van der Waals surface area (Å²) < 4.78 is 0. The third-order valence-electron chi connectivity index (χ3n) is 4.18. The number of hydrogen-bond donors (Lipinski definition) is 2. The van der Waals surface area contributed by atoms with Crippen molar-refractivity contribution in [2.24, 2.45) is 5.92 Å². The highest BCUT2D eigenvalue weighted by molar-refractivity contribution is 5.92. The highest BCUT2D eigenvalue weighted by atomic mass is 16.1. The van der Waals surface area contributed by atoms with Crippen molar-refractivity contribution < 1.29 is 4.79 Å². The lowest BCUT2D eigenvalue weighted by Crippen LogP contribution is -2.28. The van der Waals surface area contributed by atoms with Gasteiger partial charge in [0.05, 0.1) is 12.4 Å². The summed E-state index contributed by atoms with van der Waals surface area (Å²) >= 11 is 0. The number of nitrogens with one attached hydrogen (secondary N) is 2. The number of benzene rings is 1. The second-order valence-electron chi connectivity index (χ2n) is 7.64. The summed E-state index contributed by atoms with van der Waals surface area (Å²) in [5.74, 6) is 1.63. The van der Waals surface area contributed by atoms with E-state index in [1.165, 1.54) is 17.3 Å². The quantitative estimate of drug-likeness (QED) is 0.745. The molecule has 2 N–H and O–H groups in total. The van der Waals surface area contributed by atoms with Crippen LogP contribution in [0.2, 0.25) is 0 Å². The molecule has 2 rings (SSSR count). The minimum Gasteiger partial charge on any atom is -0.350 e. The number of carbonyl (C=O) groups excluding carboxylic acids is 1. The zero-order chi connectivity index (χ0) is 19.3. The zero-order valence-corrected chi connectivity index (χ0v) is 16.6. The Morgan fingerprint density at radius 1 is 0.962 bits per heavy atom. The Balaban J connectivity index is 2.23. The normalized spacial score (nSPS) is 11.3. The van der Waals surface area contributed by atoms with E-state index in [4.69, 9.17) is 0 Å². The van der Waals surface area contributed by atoms with E-state index in [9.17, 15) is 4.79 Å². The van der Waals surface area contributed by atoms with Gasteiger partial charge in [0.1, 0.15) is 11.5 Å². The van der Waals surface area contributed by atoms with Gasteiger partial charge in [-0.25, -0.2) is 9.97 Å². The number of anilines is 2. The molecule has 140 valence electrons. The molecule has 1 aromatic carbocycles. The zero-order valence-electron chi connectivity index (χ0n) is 16.6. The third-order valence-corrected chi connectivity index (χ3v) is 4.18. The Kier molecular flexibility index (Phi) is 6.72. The fraction of sp³-hybridized carbons (Fsp3) is 0.476. The van der Waals surface area contributed by atoms with Gasteiger partial charge in [0.2, 0.25) is 0 Å². The maximum Gasteiger partial charge on any atom is 0.271 e. The van der Waals surface area contributed by atoms with Gasteiger partial charge in [-0.15, -0.1) is 0 Å². The van der Waals surface area contributed by atoms with Gasteiger partial charge in [0.15, 0.2) is 0 Å².